The smallest absolute Gasteiger partial charge is 0.462 e. The second-order valence-corrected chi connectivity index (χ2v) is 32.0. The first-order chi connectivity index (χ1) is 46.9. The maximum absolute atomic E-state index is 13.1. The Hall–Kier alpha value is -1.94. The third kappa shape index (κ3) is 72.2. The number of ether oxygens (including phenoxy) is 4. The van der Waals surface area contributed by atoms with Crippen LogP contribution in [-0.2, 0) is 65.4 Å². The van der Waals surface area contributed by atoms with Crippen molar-refractivity contribution < 1.29 is 80.2 Å². The number of phosphoric ester groups is 2. The minimum Gasteiger partial charge on any atom is -0.462 e. The predicted molar refractivity (Wildman–Crippen MR) is 395 cm³/mol. The van der Waals surface area contributed by atoms with Crippen molar-refractivity contribution >= 4 is 39.5 Å². The van der Waals surface area contributed by atoms with Gasteiger partial charge < -0.3 is 33.8 Å². The molecular weight excluding hydrogens is 1270 g/mol. The number of unbranched alkanes of at least 4 members (excludes halogenated alkanes) is 47. The van der Waals surface area contributed by atoms with Gasteiger partial charge in [-0.3, -0.25) is 37.3 Å². The Morgan fingerprint density at radius 1 is 0.278 bits per heavy atom. The third-order valence-corrected chi connectivity index (χ3v) is 20.1. The van der Waals surface area contributed by atoms with Crippen LogP contribution < -0.4 is 0 Å². The van der Waals surface area contributed by atoms with Crippen LogP contribution in [0.5, 0.6) is 0 Å². The zero-order valence-corrected chi connectivity index (χ0v) is 65.2. The van der Waals surface area contributed by atoms with Gasteiger partial charge in [-0.15, -0.1) is 0 Å². The maximum atomic E-state index is 13.1. The van der Waals surface area contributed by atoms with Crippen molar-refractivity contribution in [2.24, 2.45) is 11.8 Å². The Labute approximate surface area is 594 Å². The average Bonchev–Trinajstić information content (AvgIpc) is 1.36. The molecular formula is C78H152O17P2. The summed E-state index contributed by atoms with van der Waals surface area (Å²) in [6.45, 7) is 9.55. The van der Waals surface area contributed by atoms with Crippen LogP contribution in [0.2, 0.25) is 0 Å². The normalized spacial score (nSPS) is 14.0. The minimum absolute atomic E-state index is 0.104. The molecule has 0 bridgehead atoms. The fourth-order valence-electron chi connectivity index (χ4n) is 12.0. The molecule has 0 aromatic heterocycles. The van der Waals surface area contributed by atoms with Gasteiger partial charge in [-0.25, -0.2) is 9.13 Å². The Kier molecular flexibility index (Phi) is 68.4. The van der Waals surface area contributed by atoms with Gasteiger partial charge in [-0.05, 0) is 37.5 Å². The van der Waals surface area contributed by atoms with Crippen LogP contribution in [0.1, 0.15) is 408 Å². The fraction of sp³-hybridized carbons (Fsp3) is 0.949. The number of carbonyl (C=O) groups excluding carboxylic acids is 4. The summed E-state index contributed by atoms with van der Waals surface area (Å²) in [5.74, 6) is -0.630. The lowest BCUT2D eigenvalue weighted by atomic mass is 10.0. The van der Waals surface area contributed by atoms with Gasteiger partial charge in [0.2, 0.25) is 0 Å². The van der Waals surface area contributed by atoms with Crippen LogP contribution >= 0.6 is 15.6 Å². The number of esters is 4. The fourth-order valence-corrected chi connectivity index (χ4v) is 13.6. The van der Waals surface area contributed by atoms with Gasteiger partial charge in [0.15, 0.2) is 12.2 Å². The van der Waals surface area contributed by atoms with E-state index >= 15 is 0 Å². The van der Waals surface area contributed by atoms with Gasteiger partial charge >= 0.3 is 39.5 Å². The van der Waals surface area contributed by atoms with Gasteiger partial charge in [0.05, 0.1) is 26.4 Å². The Balaban J connectivity index is 5.19. The first-order valence-electron chi connectivity index (χ1n) is 40.5. The summed E-state index contributed by atoms with van der Waals surface area (Å²) in [6, 6.07) is 0. The molecule has 3 N–H and O–H groups in total. The molecule has 0 rings (SSSR count). The molecule has 0 fully saturated rings. The minimum atomic E-state index is -4.96. The van der Waals surface area contributed by atoms with Crippen LogP contribution in [0.25, 0.3) is 0 Å². The summed E-state index contributed by atoms with van der Waals surface area (Å²) >= 11 is 0. The molecule has 0 saturated carbocycles. The summed E-state index contributed by atoms with van der Waals surface area (Å²) < 4.78 is 68.5. The molecule has 0 aliphatic carbocycles. The maximum Gasteiger partial charge on any atom is 0.472 e. The lowest BCUT2D eigenvalue weighted by Gasteiger charge is -2.21. The van der Waals surface area contributed by atoms with Gasteiger partial charge in [0.1, 0.15) is 19.3 Å². The Bertz CT molecular complexity index is 1870. The lowest BCUT2D eigenvalue weighted by molar-refractivity contribution is -0.161. The molecule has 0 aliphatic rings. The van der Waals surface area contributed by atoms with Crippen molar-refractivity contribution in [3.8, 4) is 0 Å². The number of hydrogen-bond donors (Lipinski definition) is 3. The topological polar surface area (TPSA) is 237 Å². The van der Waals surface area contributed by atoms with Crippen molar-refractivity contribution in [2.75, 3.05) is 39.6 Å². The SMILES string of the molecule is CCCCCCCCCCCCCCCCCCCCCCCC(=O)O[C@H](COC(=O)CCCCCCCCCCCCCCCC(C)C)COP(=O)(O)OC[C@@H](O)COP(=O)(O)OC[C@@H](COC(=O)CCCCCCCCCCCC)OC(=O)CCCCCCCCCC(C)C. The molecule has 2 unspecified atom stereocenters. The molecule has 17 nitrogen and oxygen atoms in total. The molecule has 0 aromatic rings. The average molecular weight is 1420 g/mol. The molecule has 0 spiro atoms. The molecule has 0 heterocycles. The number of hydrogen-bond acceptors (Lipinski definition) is 15. The van der Waals surface area contributed by atoms with Gasteiger partial charge in [-0.1, -0.05) is 356 Å². The van der Waals surface area contributed by atoms with E-state index in [1.807, 2.05) is 0 Å². The molecule has 0 aliphatic heterocycles. The van der Waals surface area contributed by atoms with Crippen LogP contribution in [-0.4, -0.2) is 96.7 Å². The van der Waals surface area contributed by atoms with Gasteiger partial charge in [0, 0.05) is 25.7 Å². The number of aliphatic hydroxyl groups is 1. The molecule has 576 valence electrons. The first-order valence-corrected chi connectivity index (χ1v) is 43.5. The summed E-state index contributed by atoms with van der Waals surface area (Å²) in [5, 5.41) is 10.6. The van der Waals surface area contributed by atoms with Gasteiger partial charge in [-0.2, -0.15) is 0 Å². The van der Waals surface area contributed by atoms with E-state index in [0.717, 1.165) is 95.8 Å². The second kappa shape index (κ2) is 69.8. The molecule has 97 heavy (non-hydrogen) atoms. The van der Waals surface area contributed by atoms with Crippen LogP contribution in [0, 0.1) is 11.8 Å². The highest BCUT2D eigenvalue weighted by atomic mass is 31.2. The van der Waals surface area contributed by atoms with Gasteiger partial charge in [0.25, 0.3) is 0 Å². The number of phosphoric acid groups is 2. The Morgan fingerprint density at radius 3 is 0.701 bits per heavy atom. The van der Waals surface area contributed by atoms with E-state index in [1.165, 1.54) is 225 Å². The van der Waals surface area contributed by atoms with E-state index in [-0.39, 0.29) is 25.7 Å². The largest absolute Gasteiger partial charge is 0.472 e. The van der Waals surface area contributed by atoms with Crippen molar-refractivity contribution in [1.29, 1.82) is 0 Å². The summed E-state index contributed by atoms with van der Waals surface area (Å²) in [4.78, 5) is 72.8. The Morgan fingerprint density at radius 2 is 0.474 bits per heavy atom. The molecule has 0 amide bonds. The van der Waals surface area contributed by atoms with Crippen molar-refractivity contribution in [3.63, 3.8) is 0 Å². The first kappa shape index (κ1) is 95.1. The highest BCUT2D eigenvalue weighted by Gasteiger charge is 2.30. The van der Waals surface area contributed by atoms with Crippen molar-refractivity contribution in [2.45, 2.75) is 426 Å². The highest BCUT2D eigenvalue weighted by molar-refractivity contribution is 7.47. The summed E-state index contributed by atoms with van der Waals surface area (Å²) in [6.07, 6.45) is 58.5. The quantitative estimate of drug-likeness (QED) is 0.0222. The van der Waals surface area contributed by atoms with Crippen LogP contribution in [0.3, 0.4) is 0 Å². The second-order valence-electron chi connectivity index (χ2n) is 29.1. The van der Waals surface area contributed by atoms with E-state index in [4.69, 9.17) is 37.0 Å². The van der Waals surface area contributed by atoms with E-state index in [9.17, 15) is 43.2 Å². The zero-order chi connectivity index (χ0) is 71.4. The van der Waals surface area contributed by atoms with E-state index in [2.05, 4.69) is 41.5 Å². The summed E-state index contributed by atoms with van der Waals surface area (Å²) in [5.41, 5.74) is 0. The highest BCUT2D eigenvalue weighted by Crippen LogP contribution is 2.45. The van der Waals surface area contributed by atoms with E-state index in [0.29, 0.717) is 31.6 Å². The molecule has 0 saturated heterocycles. The molecule has 0 aromatic carbocycles. The van der Waals surface area contributed by atoms with Crippen molar-refractivity contribution in [1.82, 2.24) is 0 Å². The third-order valence-electron chi connectivity index (χ3n) is 18.2. The van der Waals surface area contributed by atoms with Crippen LogP contribution in [0.15, 0.2) is 0 Å². The van der Waals surface area contributed by atoms with Crippen molar-refractivity contribution in [3.05, 3.63) is 0 Å². The molecule has 5 atom stereocenters. The number of rotatable bonds is 77. The predicted octanol–water partition coefficient (Wildman–Crippen LogP) is 23.1. The van der Waals surface area contributed by atoms with Crippen LogP contribution in [0.4, 0.5) is 0 Å². The number of aliphatic hydroxyl groups excluding tert-OH is 1. The molecule has 19 heteroatoms. The van der Waals surface area contributed by atoms with E-state index < -0.39 is 97.5 Å². The zero-order valence-electron chi connectivity index (χ0n) is 63.4. The standard InChI is InChI=1S/C78H152O17P2/c1-7-9-11-13-15-17-19-20-21-22-23-24-25-26-27-30-34-38-44-50-56-62-77(82)94-73(66-89-76(81)61-55-49-43-37-33-31-28-29-32-35-40-46-52-58-70(3)4)68-92-96(84,85)90-64-72(79)65-91-97(86,87)93-69-74(95-78(83)63-57-51-45-39-41-47-53-59-71(5)6)67-88-75(80)60-54-48-42-36-18-16-14-12-10-8-2/h70-74,79H,7-69H2,1-6H3,(H,84,85)(H,86,87)/t72-,73-,74-/m1/s1. The summed E-state index contributed by atoms with van der Waals surface area (Å²) in [7, 11) is -9.91. The lowest BCUT2D eigenvalue weighted by Crippen LogP contribution is -2.30. The van der Waals surface area contributed by atoms with E-state index in [1.54, 1.807) is 0 Å². The molecule has 0 radical (unpaired) electrons. The number of carbonyl (C=O) groups is 4. The monoisotopic (exact) mass is 1420 g/mol.